The molecule has 2 aromatic carbocycles. The maximum Gasteiger partial charge on any atom is 0.138 e. The fourth-order valence-corrected chi connectivity index (χ4v) is 3.53. The summed E-state index contributed by atoms with van der Waals surface area (Å²) < 4.78 is 0. The van der Waals surface area contributed by atoms with Crippen LogP contribution < -0.4 is 4.90 Å². The van der Waals surface area contributed by atoms with Crippen molar-refractivity contribution in [3.05, 3.63) is 60.2 Å². The molecular formula is C21H22N4O. The Morgan fingerprint density at radius 1 is 0.923 bits per heavy atom. The van der Waals surface area contributed by atoms with Gasteiger partial charge in [-0.05, 0) is 12.4 Å². The second-order valence-electron chi connectivity index (χ2n) is 6.64. The van der Waals surface area contributed by atoms with Crippen LogP contribution >= 0.6 is 0 Å². The predicted octanol–water partition coefficient (Wildman–Crippen LogP) is 3.46. The lowest BCUT2D eigenvalue weighted by Crippen LogP contribution is -2.45. The molecule has 1 N–H and O–H groups in total. The lowest BCUT2D eigenvalue weighted by Gasteiger charge is -2.34. The molecule has 0 unspecified atom stereocenters. The van der Waals surface area contributed by atoms with Gasteiger partial charge in [0.15, 0.2) is 0 Å². The van der Waals surface area contributed by atoms with Crippen LogP contribution in [0.3, 0.4) is 0 Å². The van der Waals surface area contributed by atoms with Crippen molar-refractivity contribution in [2.24, 2.45) is 5.16 Å². The van der Waals surface area contributed by atoms with Crippen molar-refractivity contribution in [3.8, 4) is 11.3 Å². The molecule has 26 heavy (non-hydrogen) atoms. The highest BCUT2D eigenvalue weighted by molar-refractivity contribution is 6.08. The van der Waals surface area contributed by atoms with Crippen molar-refractivity contribution in [2.45, 2.75) is 0 Å². The summed E-state index contributed by atoms with van der Waals surface area (Å²) in [6, 6.07) is 18.4. The molecule has 0 saturated carbocycles. The molecule has 0 aliphatic carbocycles. The zero-order valence-corrected chi connectivity index (χ0v) is 14.8. The lowest BCUT2D eigenvalue weighted by atomic mass is 10.00. The van der Waals surface area contributed by atoms with Crippen molar-refractivity contribution >= 4 is 22.8 Å². The number of piperazine rings is 1. The third-order valence-electron chi connectivity index (χ3n) is 4.97. The number of anilines is 1. The zero-order chi connectivity index (χ0) is 17.9. The second-order valence-corrected chi connectivity index (χ2v) is 6.64. The van der Waals surface area contributed by atoms with E-state index >= 15 is 0 Å². The molecule has 0 atom stereocenters. The number of oxime groups is 1. The molecule has 1 fully saturated rings. The lowest BCUT2D eigenvalue weighted by molar-refractivity contribution is 0.312. The molecule has 132 valence electrons. The largest absolute Gasteiger partial charge is 0.411 e. The minimum Gasteiger partial charge on any atom is -0.411 e. The molecule has 0 amide bonds. The van der Waals surface area contributed by atoms with Crippen molar-refractivity contribution in [3.63, 3.8) is 0 Å². The molecule has 0 spiro atoms. The van der Waals surface area contributed by atoms with Gasteiger partial charge in [0.1, 0.15) is 5.82 Å². The van der Waals surface area contributed by atoms with Gasteiger partial charge in [-0.1, -0.05) is 59.8 Å². The highest BCUT2D eigenvalue weighted by atomic mass is 16.4. The first-order chi connectivity index (χ1) is 12.8. The van der Waals surface area contributed by atoms with E-state index in [1.165, 1.54) is 6.21 Å². The summed E-state index contributed by atoms with van der Waals surface area (Å²) in [6.45, 7) is 3.79. The molecule has 0 bridgehead atoms. The summed E-state index contributed by atoms with van der Waals surface area (Å²) in [5, 5.41) is 14.7. The Balaban J connectivity index is 1.96. The third kappa shape index (κ3) is 3.02. The summed E-state index contributed by atoms with van der Waals surface area (Å²) in [6.07, 6.45) is 1.51. The monoisotopic (exact) mass is 346 g/mol. The first-order valence-electron chi connectivity index (χ1n) is 8.87. The predicted molar refractivity (Wildman–Crippen MR) is 106 cm³/mol. The Kier molecular flexibility index (Phi) is 4.54. The normalized spacial score (nSPS) is 15.8. The van der Waals surface area contributed by atoms with Gasteiger partial charge in [-0.3, -0.25) is 0 Å². The summed E-state index contributed by atoms with van der Waals surface area (Å²) in [5.41, 5.74) is 2.92. The molecule has 1 saturated heterocycles. The highest BCUT2D eigenvalue weighted by Crippen LogP contribution is 2.34. The summed E-state index contributed by atoms with van der Waals surface area (Å²) in [7, 11) is 2.14. The first kappa shape index (κ1) is 16.5. The number of hydrogen-bond donors (Lipinski definition) is 1. The van der Waals surface area contributed by atoms with E-state index in [4.69, 9.17) is 4.98 Å². The Morgan fingerprint density at radius 3 is 2.27 bits per heavy atom. The minimum absolute atomic E-state index is 0.868. The van der Waals surface area contributed by atoms with Gasteiger partial charge in [0.25, 0.3) is 0 Å². The van der Waals surface area contributed by atoms with Gasteiger partial charge >= 0.3 is 0 Å². The van der Waals surface area contributed by atoms with E-state index in [2.05, 4.69) is 46.3 Å². The number of rotatable bonds is 3. The van der Waals surface area contributed by atoms with E-state index in [-0.39, 0.29) is 0 Å². The summed E-state index contributed by atoms with van der Waals surface area (Å²) >= 11 is 0. The SMILES string of the molecule is CN1CCN(c2nc(-c3ccccc3)c3ccccc3c2C=NO)CC1. The topological polar surface area (TPSA) is 52.0 Å². The van der Waals surface area contributed by atoms with E-state index in [0.717, 1.165) is 59.6 Å². The molecule has 5 nitrogen and oxygen atoms in total. The number of nitrogens with zero attached hydrogens (tertiary/aromatic N) is 4. The van der Waals surface area contributed by atoms with Gasteiger partial charge in [0.05, 0.1) is 11.9 Å². The van der Waals surface area contributed by atoms with Crippen LogP contribution in [0.15, 0.2) is 59.8 Å². The number of aromatic nitrogens is 1. The number of benzene rings is 2. The van der Waals surface area contributed by atoms with Crippen LogP contribution in [0, 0.1) is 0 Å². The Morgan fingerprint density at radius 2 is 1.58 bits per heavy atom. The van der Waals surface area contributed by atoms with Gasteiger partial charge in [0, 0.05) is 42.7 Å². The van der Waals surface area contributed by atoms with Crippen LogP contribution in [0.2, 0.25) is 0 Å². The Bertz CT molecular complexity index is 931. The van der Waals surface area contributed by atoms with Crippen LogP contribution in [-0.2, 0) is 0 Å². The Hall–Kier alpha value is -2.92. The Labute approximate surface area is 153 Å². The van der Waals surface area contributed by atoms with Crippen molar-refractivity contribution in [1.29, 1.82) is 0 Å². The average Bonchev–Trinajstić information content (AvgIpc) is 2.70. The second kappa shape index (κ2) is 7.14. The number of hydrogen-bond acceptors (Lipinski definition) is 5. The van der Waals surface area contributed by atoms with Gasteiger partial charge < -0.3 is 15.0 Å². The molecule has 1 aromatic heterocycles. The first-order valence-corrected chi connectivity index (χ1v) is 8.87. The molecule has 2 heterocycles. The van der Waals surface area contributed by atoms with Crippen molar-refractivity contribution < 1.29 is 5.21 Å². The summed E-state index contributed by atoms with van der Waals surface area (Å²) in [4.78, 5) is 9.65. The molecule has 3 aromatic rings. The minimum atomic E-state index is 0.868. The highest BCUT2D eigenvalue weighted by Gasteiger charge is 2.21. The van der Waals surface area contributed by atoms with Crippen LogP contribution in [0.5, 0.6) is 0 Å². The molecule has 0 radical (unpaired) electrons. The van der Waals surface area contributed by atoms with Gasteiger partial charge in [-0.2, -0.15) is 0 Å². The number of fused-ring (bicyclic) bond motifs is 1. The standard InChI is InChI=1S/C21H22N4O/c1-24-11-13-25(14-12-24)21-19(15-22-26)17-9-5-6-10-18(17)20(23-21)16-7-3-2-4-8-16/h2-10,15,26H,11-14H2,1H3. The van der Waals surface area contributed by atoms with E-state index in [0.29, 0.717) is 0 Å². The zero-order valence-electron chi connectivity index (χ0n) is 14.8. The average molecular weight is 346 g/mol. The van der Waals surface area contributed by atoms with Gasteiger partial charge in [-0.15, -0.1) is 0 Å². The van der Waals surface area contributed by atoms with Crippen molar-refractivity contribution in [2.75, 3.05) is 38.1 Å². The number of pyridine rings is 1. The molecule has 4 rings (SSSR count). The fraction of sp³-hybridized carbons (Fsp3) is 0.238. The van der Waals surface area contributed by atoms with E-state index < -0.39 is 0 Å². The van der Waals surface area contributed by atoms with E-state index in [1.807, 2.05) is 30.3 Å². The number of likely N-dealkylation sites (N-methyl/N-ethyl adjacent to an activating group) is 1. The van der Waals surface area contributed by atoms with E-state index in [1.54, 1.807) is 0 Å². The summed E-state index contributed by atoms with van der Waals surface area (Å²) in [5.74, 6) is 0.883. The molecule has 5 heteroatoms. The maximum atomic E-state index is 9.25. The van der Waals surface area contributed by atoms with Crippen LogP contribution in [-0.4, -0.2) is 54.5 Å². The van der Waals surface area contributed by atoms with Gasteiger partial charge in [-0.25, -0.2) is 4.98 Å². The fourth-order valence-electron chi connectivity index (χ4n) is 3.53. The van der Waals surface area contributed by atoms with Crippen LogP contribution in [0.1, 0.15) is 5.56 Å². The quantitative estimate of drug-likeness (QED) is 0.448. The smallest absolute Gasteiger partial charge is 0.138 e. The van der Waals surface area contributed by atoms with Gasteiger partial charge in [0.2, 0.25) is 0 Å². The molecule has 1 aliphatic rings. The third-order valence-corrected chi connectivity index (χ3v) is 4.97. The maximum absolute atomic E-state index is 9.25. The van der Waals surface area contributed by atoms with Crippen LogP contribution in [0.4, 0.5) is 5.82 Å². The molecular weight excluding hydrogens is 324 g/mol. The van der Waals surface area contributed by atoms with E-state index in [9.17, 15) is 5.21 Å². The molecule has 1 aliphatic heterocycles. The van der Waals surface area contributed by atoms with Crippen LogP contribution in [0.25, 0.3) is 22.0 Å². The van der Waals surface area contributed by atoms with Crippen molar-refractivity contribution in [1.82, 2.24) is 9.88 Å².